The van der Waals surface area contributed by atoms with Gasteiger partial charge in [0.1, 0.15) is 5.82 Å². The highest BCUT2D eigenvalue weighted by atomic mass is 19.1. The van der Waals surface area contributed by atoms with Crippen molar-refractivity contribution in [2.45, 2.75) is 45.2 Å². The van der Waals surface area contributed by atoms with Gasteiger partial charge in [0.05, 0.1) is 0 Å². The van der Waals surface area contributed by atoms with Crippen LogP contribution in [0.5, 0.6) is 0 Å². The average molecular weight is 283 g/mol. The van der Waals surface area contributed by atoms with E-state index in [2.05, 4.69) is 35.6 Å². The first-order valence-electron chi connectivity index (χ1n) is 7.67. The Hall–Kier alpha value is -1.67. The minimum absolute atomic E-state index is 0.0773. The van der Waals surface area contributed by atoms with E-state index in [-0.39, 0.29) is 5.82 Å². The maximum Gasteiger partial charge on any atom is 0.129 e. The van der Waals surface area contributed by atoms with Gasteiger partial charge in [-0.3, -0.25) is 0 Å². The van der Waals surface area contributed by atoms with Crippen LogP contribution in [0.3, 0.4) is 0 Å². The third kappa shape index (κ3) is 3.16. The fourth-order valence-corrected chi connectivity index (χ4v) is 3.18. The molecule has 0 heterocycles. The van der Waals surface area contributed by atoms with Crippen molar-refractivity contribution in [2.24, 2.45) is 0 Å². The van der Waals surface area contributed by atoms with Gasteiger partial charge in [-0.25, -0.2) is 4.39 Å². The quantitative estimate of drug-likeness (QED) is 0.872. The molecule has 1 aliphatic carbocycles. The van der Waals surface area contributed by atoms with E-state index in [1.165, 1.54) is 24.0 Å². The molecule has 0 saturated heterocycles. The van der Waals surface area contributed by atoms with Gasteiger partial charge in [0.15, 0.2) is 0 Å². The van der Waals surface area contributed by atoms with Crippen LogP contribution in [0.4, 0.5) is 4.39 Å². The molecule has 1 nitrogen and oxygen atoms in total. The van der Waals surface area contributed by atoms with Crippen molar-refractivity contribution in [3.8, 4) is 0 Å². The van der Waals surface area contributed by atoms with Crippen LogP contribution in [0, 0.1) is 19.7 Å². The fourth-order valence-electron chi connectivity index (χ4n) is 3.18. The zero-order chi connectivity index (χ0) is 14.8. The summed E-state index contributed by atoms with van der Waals surface area (Å²) in [5, 5.41) is 3.59. The van der Waals surface area contributed by atoms with E-state index < -0.39 is 0 Å². The Balaban J connectivity index is 1.52. The van der Waals surface area contributed by atoms with Crippen LogP contribution in [0.1, 0.15) is 41.0 Å². The molecule has 1 saturated carbocycles. The maximum absolute atomic E-state index is 13.6. The number of benzene rings is 2. The van der Waals surface area contributed by atoms with Crippen LogP contribution in [-0.2, 0) is 6.54 Å². The van der Waals surface area contributed by atoms with Crippen LogP contribution in [0.15, 0.2) is 42.5 Å². The highest BCUT2D eigenvalue weighted by Gasteiger charge is 2.29. The standard InChI is InChI=1S/C19H22FN/c1-13-8-15(9-14(2)19(13)20)12-21-18-10-17(11-18)16-6-4-3-5-7-16/h3-9,17-18,21H,10-12H2,1-2H3. The smallest absolute Gasteiger partial charge is 0.129 e. The Kier molecular flexibility index (Phi) is 4.07. The summed E-state index contributed by atoms with van der Waals surface area (Å²) < 4.78 is 13.6. The first-order chi connectivity index (χ1) is 10.1. The van der Waals surface area contributed by atoms with Crippen molar-refractivity contribution in [1.29, 1.82) is 0 Å². The Bertz CT molecular complexity index is 592. The Labute approximate surface area is 126 Å². The third-order valence-electron chi connectivity index (χ3n) is 4.50. The molecule has 2 aromatic rings. The zero-order valence-corrected chi connectivity index (χ0v) is 12.7. The molecular weight excluding hydrogens is 261 g/mol. The van der Waals surface area contributed by atoms with Crippen molar-refractivity contribution < 1.29 is 4.39 Å². The van der Waals surface area contributed by atoms with E-state index in [0.29, 0.717) is 12.0 Å². The average Bonchev–Trinajstić information content (AvgIpc) is 2.44. The number of halogens is 1. The Morgan fingerprint density at radius 2 is 1.67 bits per heavy atom. The molecule has 3 rings (SSSR count). The lowest BCUT2D eigenvalue weighted by Gasteiger charge is -2.36. The van der Waals surface area contributed by atoms with Gasteiger partial charge in [0, 0.05) is 12.6 Å². The van der Waals surface area contributed by atoms with Gasteiger partial charge in [-0.1, -0.05) is 42.5 Å². The molecule has 0 atom stereocenters. The lowest BCUT2D eigenvalue weighted by Crippen LogP contribution is -2.39. The number of hydrogen-bond donors (Lipinski definition) is 1. The maximum atomic E-state index is 13.6. The normalized spacial score (nSPS) is 21.1. The first kappa shape index (κ1) is 14.3. The number of aryl methyl sites for hydroxylation is 2. The first-order valence-corrected chi connectivity index (χ1v) is 7.67. The SMILES string of the molecule is Cc1cc(CNC2CC(c3ccccc3)C2)cc(C)c1F. The monoisotopic (exact) mass is 283 g/mol. The van der Waals surface area contributed by atoms with Crippen molar-refractivity contribution in [3.05, 3.63) is 70.5 Å². The molecule has 0 unspecified atom stereocenters. The van der Waals surface area contributed by atoms with Crippen molar-refractivity contribution in [2.75, 3.05) is 0 Å². The van der Waals surface area contributed by atoms with Gasteiger partial charge in [-0.05, 0) is 54.9 Å². The van der Waals surface area contributed by atoms with Crippen LogP contribution in [-0.4, -0.2) is 6.04 Å². The third-order valence-corrected chi connectivity index (χ3v) is 4.50. The van der Waals surface area contributed by atoms with Crippen molar-refractivity contribution in [1.82, 2.24) is 5.32 Å². The van der Waals surface area contributed by atoms with Gasteiger partial charge < -0.3 is 5.32 Å². The van der Waals surface area contributed by atoms with Crippen molar-refractivity contribution in [3.63, 3.8) is 0 Å². The van der Waals surface area contributed by atoms with E-state index in [1.54, 1.807) is 0 Å². The highest BCUT2D eigenvalue weighted by Crippen LogP contribution is 2.36. The largest absolute Gasteiger partial charge is 0.310 e. The summed E-state index contributed by atoms with van der Waals surface area (Å²) >= 11 is 0. The summed E-state index contributed by atoms with van der Waals surface area (Å²) in [4.78, 5) is 0. The fraction of sp³-hybridized carbons (Fsp3) is 0.368. The molecule has 110 valence electrons. The predicted molar refractivity (Wildman–Crippen MR) is 84.9 cm³/mol. The molecule has 0 spiro atoms. The van der Waals surface area contributed by atoms with Gasteiger partial charge in [-0.2, -0.15) is 0 Å². The van der Waals surface area contributed by atoms with Crippen LogP contribution in [0.2, 0.25) is 0 Å². The van der Waals surface area contributed by atoms with E-state index in [1.807, 2.05) is 26.0 Å². The lowest BCUT2D eigenvalue weighted by molar-refractivity contribution is 0.289. The molecule has 1 N–H and O–H groups in total. The zero-order valence-electron chi connectivity index (χ0n) is 12.7. The topological polar surface area (TPSA) is 12.0 Å². The van der Waals surface area contributed by atoms with Gasteiger partial charge in [-0.15, -0.1) is 0 Å². The van der Waals surface area contributed by atoms with Gasteiger partial charge in [0.2, 0.25) is 0 Å². The highest BCUT2D eigenvalue weighted by molar-refractivity contribution is 5.30. The predicted octanol–water partition coefficient (Wildman–Crippen LogP) is 4.48. The summed E-state index contributed by atoms with van der Waals surface area (Å²) in [5.41, 5.74) is 4.10. The number of hydrogen-bond acceptors (Lipinski definition) is 1. The van der Waals surface area contributed by atoms with E-state index in [9.17, 15) is 4.39 Å². The lowest BCUT2D eigenvalue weighted by atomic mass is 9.76. The molecule has 0 aromatic heterocycles. The molecular formula is C19H22FN. The molecule has 2 aromatic carbocycles. The summed E-state index contributed by atoms with van der Waals surface area (Å²) in [6.45, 7) is 4.50. The second-order valence-corrected chi connectivity index (χ2v) is 6.20. The molecule has 1 fully saturated rings. The van der Waals surface area contributed by atoms with Crippen molar-refractivity contribution >= 4 is 0 Å². The van der Waals surface area contributed by atoms with Crippen LogP contribution in [0.25, 0.3) is 0 Å². The minimum atomic E-state index is -0.0773. The Morgan fingerprint density at radius 3 is 2.29 bits per heavy atom. The molecule has 1 aliphatic rings. The molecule has 2 heteroatoms. The Morgan fingerprint density at radius 1 is 1.05 bits per heavy atom. The summed E-state index contributed by atoms with van der Waals surface area (Å²) in [7, 11) is 0. The number of nitrogens with one attached hydrogen (secondary N) is 1. The summed E-state index contributed by atoms with van der Waals surface area (Å²) in [6.07, 6.45) is 2.40. The van der Waals surface area contributed by atoms with Gasteiger partial charge >= 0.3 is 0 Å². The second-order valence-electron chi connectivity index (χ2n) is 6.20. The van der Waals surface area contributed by atoms with E-state index in [4.69, 9.17) is 0 Å². The molecule has 21 heavy (non-hydrogen) atoms. The molecule has 0 bridgehead atoms. The second kappa shape index (κ2) is 5.98. The molecule has 0 radical (unpaired) electrons. The molecule has 0 aliphatic heterocycles. The summed E-state index contributed by atoms with van der Waals surface area (Å²) in [6, 6.07) is 15.2. The van der Waals surface area contributed by atoms with E-state index in [0.717, 1.165) is 17.7 Å². The van der Waals surface area contributed by atoms with Crippen LogP contribution < -0.4 is 5.32 Å². The summed E-state index contributed by atoms with van der Waals surface area (Å²) in [5.74, 6) is 0.618. The molecule has 0 amide bonds. The van der Waals surface area contributed by atoms with Crippen LogP contribution >= 0.6 is 0 Å². The van der Waals surface area contributed by atoms with Gasteiger partial charge in [0.25, 0.3) is 0 Å². The van der Waals surface area contributed by atoms with E-state index >= 15 is 0 Å². The number of rotatable bonds is 4. The minimum Gasteiger partial charge on any atom is -0.310 e.